The standard InChI is InChI=1S/C14H18ClN3O3/c1-2-21-14(20)18-7-5-17(6-8-18)13(19)11-4-3-10(15)9-12(11)16/h3-4,9H,2,5-8,16H2,1H3. The number of carbonyl (C=O) groups is 2. The van der Waals surface area contributed by atoms with Crippen LogP contribution in [-0.2, 0) is 4.74 Å². The zero-order valence-electron chi connectivity index (χ0n) is 11.8. The first-order chi connectivity index (χ1) is 10.0. The van der Waals surface area contributed by atoms with Gasteiger partial charge in [-0.2, -0.15) is 0 Å². The van der Waals surface area contributed by atoms with Crippen LogP contribution >= 0.6 is 11.6 Å². The zero-order chi connectivity index (χ0) is 15.4. The van der Waals surface area contributed by atoms with Crippen molar-refractivity contribution >= 4 is 29.3 Å². The van der Waals surface area contributed by atoms with Gasteiger partial charge in [0.25, 0.3) is 5.91 Å². The topological polar surface area (TPSA) is 75.9 Å². The van der Waals surface area contributed by atoms with Crippen molar-refractivity contribution in [2.75, 3.05) is 38.5 Å². The van der Waals surface area contributed by atoms with E-state index < -0.39 is 0 Å². The van der Waals surface area contributed by atoms with Gasteiger partial charge >= 0.3 is 6.09 Å². The van der Waals surface area contributed by atoms with Crippen molar-refractivity contribution in [2.45, 2.75) is 6.92 Å². The number of benzene rings is 1. The summed E-state index contributed by atoms with van der Waals surface area (Å²) >= 11 is 5.83. The molecule has 1 aromatic carbocycles. The fraction of sp³-hybridized carbons (Fsp3) is 0.429. The Labute approximate surface area is 128 Å². The van der Waals surface area contributed by atoms with Gasteiger partial charge in [0.15, 0.2) is 0 Å². The molecule has 6 nitrogen and oxygen atoms in total. The van der Waals surface area contributed by atoms with Gasteiger partial charge in [-0.1, -0.05) is 11.6 Å². The number of carbonyl (C=O) groups excluding carboxylic acids is 2. The molecule has 7 heteroatoms. The van der Waals surface area contributed by atoms with Crippen molar-refractivity contribution in [1.82, 2.24) is 9.80 Å². The van der Waals surface area contributed by atoms with Crippen molar-refractivity contribution in [1.29, 1.82) is 0 Å². The average Bonchev–Trinajstić information content (AvgIpc) is 2.47. The van der Waals surface area contributed by atoms with Crippen molar-refractivity contribution < 1.29 is 14.3 Å². The van der Waals surface area contributed by atoms with Crippen LogP contribution in [0.15, 0.2) is 18.2 Å². The quantitative estimate of drug-likeness (QED) is 0.846. The molecule has 0 spiro atoms. The second-order valence-electron chi connectivity index (χ2n) is 4.71. The summed E-state index contributed by atoms with van der Waals surface area (Å²) in [4.78, 5) is 27.3. The Morgan fingerprint density at radius 3 is 2.43 bits per heavy atom. The maximum atomic E-state index is 12.4. The summed E-state index contributed by atoms with van der Waals surface area (Å²) in [5, 5.41) is 0.496. The van der Waals surface area contributed by atoms with E-state index >= 15 is 0 Å². The van der Waals surface area contributed by atoms with Crippen molar-refractivity contribution in [3.63, 3.8) is 0 Å². The van der Waals surface area contributed by atoms with Gasteiger partial charge in [-0.05, 0) is 25.1 Å². The second kappa shape index (κ2) is 6.67. The highest BCUT2D eigenvalue weighted by Crippen LogP contribution is 2.20. The van der Waals surface area contributed by atoms with Gasteiger partial charge in [0.2, 0.25) is 0 Å². The third-order valence-electron chi connectivity index (χ3n) is 3.34. The molecule has 0 bridgehead atoms. The predicted octanol–water partition coefficient (Wildman–Crippen LogP) is 1.84. The zero-order valence-corrected chi connectivity index (χ0v) is 12.6. The summed E-state index contributed by atoms with van der Waals surface area (Å²) in [7, 11) is 0. The molecular weight excluding hydrogens is 294 g/mol. The minimum atomic E-state index is -0.337. The van der Waals surface area contributed by atoms with E-state index in [1.807, 2.05) is 0 Å². The molecule has 0 unspecified atom stereocenters. The molecule has 2 rings (SSSR count). The number of hydrogen-bond donors (Lipinski definition) is 1. The van der Waals surface area contributed by atoms with Gasteiger partial charge < -0.3 is 20.3 Å². The molecule has 21 heavy (non-hydrogen) atoms. The Hall–Kier alpha value is -1.95. The SMILES string of the molecule is CCOC(=O)N1CCN(C(=O)c2ccc(Cl)cc2N)CC1. The van der Waals surface area contributed by atoms with Crippen LogP contribution in [-0.4, -0.2) is 54.6 Å². The third-order valence-corrected chi connectivity index (χ3v) is 3.57. The minimum absolute atomic E-state index is 0.146. The Bertz CT molecular complexity index is 542. The van der Waals surface area contributed by atoms with Gasteiger partial charge in [-0.25, -0.2) is 4.79 Å². The number of halogens is 1. The molecule has 1 saturated heterocycles. The van der Waals surface area contributed by atoms with Crippen LogP contribution in [0.5, 0.6) is 0 Å². The smallest absolute Gasteiger partial charge is 0.409 e. The predicted molar refractivity (Wildman–Crippen MR) is 80.4 cm³/mol. The van der Waals surface area contributed by atoms with Crippen LogP contribution in [0.25, 0.3) is 0 Å². The Morgan fingerprint density at radius 2 is 1.86 bits per heavy atom. The molecule has 0 radical (unpaired) electrons. The van der Waals surface area contributed by atoms with Crippen molar-refractivity contribution in [3.8, 4) is 0 Å². The maximum absolute atomic E-state index is 12.4. The molecule has 0 aliphatic carbocycles. The van der Waals surface area contributed by atoms with Crippen LogP contribution < -0.4 is 5.73 Å². The summed E-state index contributed by atoms with van der Waals surface area (Å²) in [6, 6.07) is 4.82. The Morgan fingerprint density at radius 1 is 1.24 bits per heavy atom. The lowest BCUT2D eigenvalue weighted by Crippen LogP contribution is -2.50. The number of nitrogens with two attached hydrogens (primary N) is 1. The molecule has 0 saturated carbocycles. The number of nitrogen functional groups attached to an aromatic ring is 1. The van der Waals surface area contributed by atoms with E-state index in [0.29, 0.717) is 49.1 Å². The third kappa shape index (κ3) is 3.58. The first-order valence-electron chi connectivity index (χ1n) is 6.79. The van der Waals surface area contributed by atoms with Gasteiger partial charge in [0.05, 0.1) is 12.2 Å². The molecule has 1 fully saturated rings. The highest BCUT2D eigenvalue weighted by molar-refractivity contribution is 6.31. The molecule has 1 aliphatic rings. The van der Waals surface area contributed by atoms with Crippen LogP contribution in [0.1, 0.15) is 17.3 Å². The summed E-state index contributed by atoms with van der Waals surface area (Å²) in [6.07, 6.45) is -0.337. The second-order valence-corrected chi connectivity index (χ2v) is 5.15. The first kappa shape index (κ1) is 15.4. The molecular formula is C14H18ClN3O3. The highest BCUT2D eigenvalue weighted by Gasteiger charge is 2.26. The Kier molecular flexibility index (Phi) is 4.90. The first-order valence-corrected chi connectivity index (χ1v) is 7.16. The van der Waals surface area contributed by atoms with Gasteiger partial charge in [-0.15, -0.1) is 0 Å². The molecule has 0 atom stereocenters. The molecule has 2 amide bonds. The maximum Gasteiger partial charge on any atom is 0.409 e. The fourth-order valence-electron chi connectivity index (χ4n) is 2.21. The van der Waals surface area contributed by atoms with E-state index in [1.165, 1.54) is 0 Å². The number of hydrogen-bond acceptors (Lipinski definition) is 4. The van der Waals surface area contributed by atoms with Gasteiger partial charge in [0, 0.05) is 36.9 Å². The summed E-state index contributed by atoms with van der Waals surface area (Å²) in [5.41, 5.74) is 6.62. The summed E-state index contributed by atoms with van der Waals surface area (Å²) < 4.78 is 4.94. The molecule has 114 valence electrons. The minimum Gasteiger partial charge on any atom is -0.450 e. The van der Waals surface area contributed by atoms with E-state index in [9.17, 15) is 9.59 Å². The normalized spacial score (nSPS) is 15.0. The van der Waals surface area contributed by atoms with Gasteiger partial charge in [0.1, 0.15) is 0 Å². The molecule has 1 aromatic rings. The summed E-state index contributed by atoms with van der Waals surface area (Å²) in [5.74, 6) is -0.146. The Balaban J connectivity index is 1.98. The number of anilines is 1. The lowest BCUT2D eigenvalue weighted by atomic mass is 10.1. The van der Waals surface area contributed by atoms with Gasteiger partial charge in [-0.3, -0.25) is 4.79 Å². The lowest BCUT2D eigenvalue weighted by molar-refractivity contribution is 0.0571. The number of piperazine rings is 1. The molecule has 2 N–H and O–H groups in total. The monoisotopic (exact) mass is 311 g/mol. The van der Waals surface area contributed by atoms with Crippen LogP contribution in [0.4, 0.5) is 10.5 Å². The van der Waals surface area contributed by atoms with E-state index in [-0.39, 0.29) is 12.0 Å². The highest BCUT2D eigenvalue weighted by atomic mass is 35.5. The van der Waals surface area contributed by atoms with E-state index in [1.54, 1.807) is 34.9 Å². The van der Waals surface area contributed by atoms with E-state index in [4.69, 9.17) is 22.1 Å². The number of amides is 2. The molecule has 1 heterocycles. The number of rotatable bonds is 2. The lowest BCUT2D eigenvalue weighted by Gasteiger charge is -2.34. The van der Waals surface area contributed by atoms with Crippen molar-refractivity contribution in [2.24, 2.45) is 0 Å². The fourth-order valence-corrected chi connectivity index (χ4v) is 2.39. The number of ether oxygens (including phenoxy) is 1. The van der Waals surface area contributed by atoms with Crippen LogP contribution in [0, 0.1) is 0 Å². The molecule has 0 aromatic heterocycles. The average molecular weight is 312 g/mol. The largest absolute Gasteiger partial charge is 0.450 e. The molecule has 1 aliphatic heterocycles. The number of nitrogens with zero attached hydrogens (tertiary/aromatic N) is 2. The van der Waals surface area contributed by atoms with Crippen LogP contribution in [0.2, 0.25) is 5.02 Å². The van der Waals surface area contributed by atoms with E-state index in [0.717, 1.165) is 0 Å². The summed E-state index contributed by atoms with van der Waals surface area (Å²) in [6.45, 7) is 3.94. The van der Waals surface area contributed by atoms with E-state index in [2.05, 4.69) is 0 Å². The van der Waals surface area contributed by atoms with Crippen LogP contribution in [0.3, 0.4) is 0 Å². The van der Waals surface area contributed by atoms with Crippen molar-refractivity contribution in [3.05, 3.63) is 28.8 Å².